The number of nitrogens with zero attached hydrogens (tertiary/aromatic N) is 4. The number of aryl methyl sites for hydroxylation is 1. The average Bonchev–Trinajstić information content (AvgIpc) is 2.54. The molecule has 0 aliphatic rings. The standard InChI is InChI=1S/C15H15N7/c1-10-3-2-6-18-13(10)22-15-12(16)14(19-9-20-15)21-11-4-7-17-8-5-11/h2-9H,16H2,1H3,(H2,17,18,19,20,21,22). The third-order valence-electron chi connectivity index (χ3n) is 3.07. The van der Waals surface area contributed by atoms with Crippen molar-refractivity contribution in [1.82, 2.24) is 19.9 Å². The summed E-state index contributed by atoms with van der Waals surface area (Å²) < 4.78 is 0. The molecular formula is C15H15N7. The highest BCUT2D eigenvalue weighted by atomic mass is 15.1. The Morgan fingerprint density at radius 1 is 0.864 bits per heavy atom. The molecule has 3 rings (SSSR count). The highest BCUT2D eigenvalue weighted by Gasteiger charge is 2.10. The Labute approximate surface area is 127 Å². The molecule has 0 saturated carbocycles. The van der Waals surface area contributed by atoms with Gasteiger partial charge in [0.25, 0.3) is 0 Å². The van der Waals surface area contributed by atoms with Crippen LogP contribution in [0.3, 0.4) is 0 Å². The quantitative estimate of drug-likeness (QED) is 0.679. The second-order valence-corrected chi connectivity index (χ2v) is 4.64. The molecule has 0 aliphatic carbocycles. The molecule has 3 aromatic heterocycles. The molecule has 3 aromatic rings. The first kappa shape index (κ1) is 13.7. The molecule has 0 aliphatic heterocycles. The van der Waals surface area contributed by atoms with E-state index in [1.807, 2.05) is 31.2 Å². The number of pyridine rings is 2. The summed E-state index contributed by atoms with van der Waals surface area (Å²) in [6.45, 7) is 1.96. The van der Waals surface area contributed by atoms with Crippen LogP contribution in [-0.4, -0.2) is 19.9 Å². The fourth-order valence-corrected chi connectivity index (χ4v) is 1.90. The number of nitrogens with one attached hydrogen (secondary N) is 2. The van der Waals surface area contributed by atoms with E-state index < -0.39 is 0 Å². The van der Waals surface area contributed by atoms with E-state index in [4.69, 9.17) is 5.73 Å². The number of nitrogen functional groups attached to an aromatic ring is 1. The van der Waals surface area contributed by atoms with Crippen LogP contribution >= 0.6 is 0 Å². The Balaban J connectivity index is 1.88. The number of nitrogens with two attached hydrogens (primary N) is 1. The maximum Gasteiger partial charge on any atom is 0.160 e. The summed E-state index contributed by atoms with van der Waals surface area (Å²) in [4.78, 5) is 16.6. The molecule has 0 saturated heterocycles. The minimum absolute atomic E-state index is 0.421. The maximum atomic E-state index is 6.14. The third-order valence-corrected chi connectivity index (χ3v) is 3.07. The lowest BCUT2D eigenvalue weighted by Crippen LogP contribution is -2.06. The summed E-state index contributed by atoms with van der Waals surface area (Å²) in [5, 5.41) is 6.26. The number of anilines is 5. The van der Waals surface area contributed by atoms with Crippen LogP contribution in [0.15, 0.2) is 49.2 Å². The van der Waals surface area contributed by atoms with Crippen LogP contribution in [0, 0.1) is 6.92 Å². The van der Waals surface area contributed by atoms with Crippen LogP contribution in [-0.2, 0) is 0 Å². The highest BCUT2D eigenvalue weighted by molar-refractivity contribution is 5.79. The SMILES string of the molecule is Cc1cccnc1Nc1ncnc(Nc2ccncc2)c1N. The number of hydrogen-bond acceptors (Lipinski definition) is 7. The Kier molecular flexibility index (Phi) is 3.78. The van der Waals surface area contributed by atoms with Gasteiger partial charge >= 0.3 is 0 Å². The molecule has 0 spiro atoms. The molecule has 4 N–H and O–H groups in total. The smallest absolute Gasteiger partial charge is 0.160 e. The molecule has 0 fully saturated rings. The van der Waals surface area contributed by atoms with E-state index in [-0.39, 0.29) is 0 Å². The topological polar surface area (TPSA) is 102 Å². The first-order valence-corrected chi connectivity index (χ1v) is 6.70. The number of hydrogen-bond donors (Lipinski definition) is 3. The molecule has 22 heavy (non-hydrogen) atoms. The van der Waals surface area contributed by atoms with E-state index in [0.29, 0.717) is 23.1 Å². The molecule has 0 unspecified atom stereocenters. The predicted molar refractivity (Wildman–Crippen MR) is 86.2 cm³/mol. The van der Waals surface area contributed by atoms with Crippen molar-refractivity contribution in [3.63, 3.8) is 0 Å². The minimum atomic E-state index is 0.421. The fraction of sp³-hybridized carbons (Fsp3) is 0.0667. The summed E-state index contributed by atoms with van der Waals surface area (Å²) in [5.74, 6) is 1.74. The molecular weight excluding hydrogens is 278 g/mol. The Hall–Kier alpha value is -3.22. The summed E-state index contributed by atoms with van der Waals surface area (Å²) in [6, 6.07) is 7.50. The lowest BCUT2D eigenvalue weighted by molar-refractivity contribution is 1.15. The van der Waals surface area contributed by atoms with Gasteiger partial charge in [0.15, 0.2) is 11.6 Å². The molecule has 3 heterocycles. The van der Waals surface area contributed by atoms with E-state index >= 15 is 0 Å². The van der Waals surface area contributed by atoms with Gasteiger partial charge < -0.3 is 16.4 Å². The zero-order valence-corrected chi connectivity index (χ0v) is 12.0. The van der Waals surface area contributed by atoms with Gasteiger partial charge in [0, 0.05) is 24.3 Å². The van der Waals surface area contributed by atoms with Crippen molar-refractivity contribution in [2.45, 2.75) is 6.92 Å². The second kappa shape index (κ2) is 6.04. The van der Waals surface area contributed by atoms with E-state index in [1.54, 1.807) is 18.6 Å². The molecule has 7 nitrogen and oxygen atoms in total. The van der Waals surface area contributed by atoms with Gasteiger partial charge in [-0.2, -0.15) is 0 Å². The highest BCUT2D eigenvalue weighted by Crippen LogP contribution is 2.27. The van der Waals surface area contributed by atoms with Crippen molar-refractivity contribution >= 4 is 28.8 Å². The van der Waals surface area contributed by atoms with Gasteiger partial charge in [-0.05, 0) is 30.7 Å². The molecule has 0 radical (unpaired) electrons. The van der Waals surface area contributed by atoms with Crippen LogP contribution in [0.1, 0.15) is 5.56 Å². The van der Waals surface area contributed by atoms with Crippen LogP contribution in [0.4, 0.5) is 28.8 Å². The number of aromatic nitrogens is 4. The lowest BCUT2D eigenvalue weighted by Gasteiger charge is -2.13. The first-order chi connectivity index (χ1) is 10.7. The van der Waals surface area contributed by atoms with Crippen LogP contribution in [0.25, 0.3) is 0 Å². The Morgan fingerprint density at radius 2 is 1.59 bits per heavy atom. The summed E-state index contributed by atoms with van der Waals surface area (Å²) >= 11 is 0. The minimum Gasteiger partial charge on any atom is -0.393 e. The van der Waals surface area contributed by atoms with Gasteiger partial charge in [-0.3, -0.25) is 4.98 Å². The van der Waals surface area contributed by atoms with Crippen molar-refractivity contribution in [3.05, 3.63) is 54.7 Å². The van der Waals surface area contributed by atoms with Crippen molar-refractivity contribution in [1.29, 1.82) is 0 Å². The molecule has 0 bridgehead atoms. The molecule has 110 valence electrons. The average molecular weight is 293 g/mol. The van der Waals surface area contributed by atoms with Crippen LogP contribution in [0.5, 0.6) is 0 Å². The zero-order valence-electron chi connectivity index (χ0n) is 12.0. The van der Waals surface area contributed by atoms with E-state index in [1.165, 1.54) is 6.33 Å². The molecule has 0 aromatic carbocycles. The van der Waals surface area contributed by atoms with E-state index in [0.717, 1.165) is 11.3 Å². The van der Waals surface area contributed by atoms with Crippen molar-refractivity contribution in [2.24, 2.45) is 0 Å². The van der Waals surface area contributed by atoms with Gasteiger partial charge in [0.1, 0.15) is 17.8 Å². The lowest BCUT2D eigenvalue weighted by atomic mass is 10.3. The van der Waals surface area contributed by atoms with Crippen LogP contribution < -0.4 is 16.4 Å². The fourth-order valence-electron chi connectivity index (χ4n) is 1.90. The predicted octanol–water partition coefficient (Wildman–Crippen LogP) is 2.64. The summed E-state index contributed by atoms with van der Waals surface area (Å²) in [6.07, 6.45) is 6.54. The number of rotatable bonds is 4. The Bertz CT molecular complexity index is 774. The summed E-state index contributed by atoms with van der Waals surface area (Å²) in [7, 11) is 0. The van der Waals surface area contributed by atoms with Gasteiger partial charge in [-0.25, -0.2) is 15.0 Å². The van der Waals surface area contributed by atoms with Gasteiger partial charge in [0.2, 0.25) is 0 Å². The zero-order chi connectivity index (χ0) is 15.4. The Morgan fingerprint density at radius 3 is 2.32 bits per heavy atom. The second-order valence-electron chi connectivity index (χ2n) is 4.64. The van der Waals surface area contributed by atoms with Gasteiger partial charge in [-0.1, -0.05) is 6.07 Å². The first-order valence-electron chi connectivity index (χ1n) is 6.70. The van der Waals surface area contributed by atoms with Crippen LogP contribution in [0.2, 0.25) is 0 Å². The van der Waals surface area contributed by atoms with E-state index in [9.17, 15) is 0 Å². The molecule has 7 heteroatoms. The van der Waals surface area contributed by atoms with Gasteiger partial charge in [0.05, 0.1) is 0 Å². The largest absolute Gasteiger partial charge is 0.393 e. The third kappa shape index (κ3) is 2.93. The molecule has 0 atom stereocenters. The van der Waals surface area contributed by atoms with Crippen molar-refractivity contribution in [2.75, 3.05) is 16.4 Å². The van der Waals surface area contributed by atoms with E-state index in [2.05, 4.69) is 30.6 Å². The normalized spacial score (nSPS) is 10.2. The van der Waals surface area contributed by atoms with Crippen molar-refractivity contribution < 1.29 is 0 Å². The summed E-state index contributed by atoms with van der Waals surface area (Å²) in [5.41, 5.74) is 8.41. The maximum absolute atomic E-state index is 6.14. The monoisotopic (exact) mass is 293 g/mol. The van der Waals surface area contributed by atoms with Crippen molar-refractivity contribution in [3.8, 4) is 0 Å². The molecule has 0 amide bonds. The van der Waals surface area contributed by atoms with Gasteiger partial charge in [-0.15, -0.1) is 0 Å².